The maximum atomic E-state index is 2.44. The van der Waals surface area contributed by atoms with Gasteiger partial charge in [-0.15, -0.1) is 0 Å². The summed E-state index contributed by atoms with van der Waals surface area (Å²) >= 11 is 0. The van der Waals surface area contributed by atoms with Crippen LogP contribution in [-0.2, 0) is 5.41 Å². The van der Waals surface area contributed by atoms with Crippen molar-refractivity contribution in [2.45, 2.75) is 40.0 Å². The maximum absolute atomic E-state index is 2.44. The molecule has 0 saturated carbocycles. The summed E-state index contributed by atoms with van der Waals surface area (Å²) in [6.45, 7) is 11.2. The predicted octanol–water partition coefficient (Wildman–Crippen LogP) is 30.2. The second kappa shape index (κ2) is 27.3. The first-order valence-electron chi connectivity index (χ1n) is 37.1. The summed E-state index contributed by atoms with van der Waals surface area (Å²) in [6.07, 6.45) is 0. The number of benzene rings is 20. The van der Waals surface area contributed by atoms with Crippen LogP contribution in [0, 0.1) is 13.8 Å². The van der Waals surface area contributed by atoms with Crippen LogP contribution in [0.4, 0.5) is 0 Å². The van der Waals surface area contributed by atoms with Gasteiger partial charge in [0.1, 0.15) is 0 Å². The summed E-state index contributed by atoms with van der Waals surface area (Å²) in [5.41, 5.74) is 21.9. The molecule has 0 aliphatic heterocycles. The van der Waals surface area contributed by atoms with Gasteiger partial charge >= 0.3 is 0 Å². The van der Waals surface area contributed by atoms with Gasteiger partial charge in [-0.05, 0) is 247 Å². The molecule has 0 heteroatoms. The summed E-state index contributed by atoms with van der Waals surface area (Å²) in [5.74, 6) is 0. The third-order valence-electron chi connectivity index (χ3n) is 21.8. The average Bonchev–Trinajstić information content (AvgIpc) is 0.740. The molecule has 0 radical (unpaired) electrons. The zero-order chi connectivity index (χ0) is 71.4. The highest BCUT2D eigenvalue weighted by atomic mass is 14.3. The highest BCUT2D eigenvalue weighted by molar-refractivity contribution is 6.25. The Labute approximate surface area is 620 Å². The van der Waals surface area contributed by atoms with Crippen LogP contribution in [0.2, 0.25) is 0 Å². The van der Waals surface area contributed by atoms with Crippen LogP contribution < -0.4 is 0 Å². The SMILES string of the molecule is CC(C)(C)c1ccc2c(-c3ccc4ccccc4c3)c3ccccc3c(-c3ccc4ccccc4c3)c2c1.Cc1ccc(-c2ccc3c(-c4ccccc4)c4ccccc4c(-c4ccccc4)c3c2)cc1.Cc1ccc2c(-c3ccc4ccccc4c3)c3ccccc3c(-c3ccc4ccccc4c3)c2c1. The van der Waals surface area contributed by atoms with Gasteiger partial charge in [0.05, 0.1) is 0 Å². The summed E-state index contributed by atoms with van der Waals surface area (Å²) in [7, 11) is 0. The Morgan fingerprint density at radius 2 is 0.406 bits per heavy atom. The van der Waals surface area contributed by atoms with Crippen molar-refractivity contribution in [1.82, 2.24) is 0 Å². The van der Waals surface area contributed by atoms with Gasteiger partial charge in [-0.1, -0.05) is 378 Å². The van der Waals surface area contributed by atoms with E-state index in [-0.39, 0.29) is 5.41 Å². The zero-order valence-corrected chi connectivity index (χ0v) is 60.4. The molecule has 20 rings (SSSR count). The van der Waals surface area contributed by atoms with Crippen LogP contribution in [0.25, 0.3) is 186 Å². The molecule has 106 heavy (non-hydrogen) atoms. The van der Waals surface area contributed by atoms with Crippen molar-refractivity contribution >= 4 is 108 Å². The molecular weight excluding hydrogens is 1270 g/mol. The molecule has 0 amide bonds. The second-order valence-corrected chi connectivity index (χ2v) is 29.6. The lowest BCUT2D eigenvalue weighted by molar-refractivity contribution is 0.591. The first-order valence-corrected chi connectivity index (χ1v) is 37.1. The van der Waals surface area contributed by atoms with Gasteiger partial charge in [0.2, 0.25) is 0 Å². The molecule has 0 heterocycles. The Balaban J connectivity index is 0.000000113. The Hall–Kier alpha value is -13.0. The topological polar surface area (TPSA) is 0 Å². The van der Waals surface area contributed by atoms with Crippen molar-refractivity contribution in [3.8, 4) is 77.9 Å². The molecule has 0 spiro atoms. The van der Waals surface area contributed by atoms with Gasteiger partial charge in [0.25, 0.3) is 0 Å². The molecular formula is C106H78. The van der Waals surface area contributed by atoms with Crippen molar-refractivity contribution in [3.05, 3.63) is 399 Å². The molecule has 0 atom stereocenters. The molecule has 0 N–H and O–H groups in total. The lowest BCUT2D eigenvalue weighted by Crippen LogP contribution is -2.10. The third kappa shape index (κ3) is 12.1. The number of hydrogen-bond donors (Lipinski definition) is 0. The number of hydrogen-bond acceptors (Lipinski definition) is 0. The molecule has 0 aromatic heterocycles. The van der Waals surface area contributed by atoms with Gasteiger partial charge in [0, 0.05) is 0 Å². The maximum Gasteiger partial charge on any atom is -0.00260 e. The van der Waals surface area contributed by atoms with Crippen molar-refractivity contribution in [2.75, 3.05) is 0 Å². The molecule has 0 saturated heterocycles. The van der Waals surface area contributed by atoms with Crippen molar-refractivity contribution in [3.63, 3.8) is 0 Å². The standard InChI is InChI=1S/C38H30.C35H24.C33H24/c1-38(2,3)31-20-21-34-35(24-31)37(30-19-17-26-11-5-7-13-28(26)23-30)33-15-9-8-14-32(33)36(34)29-18-16-25-10-4-6-12-27(25)22-29;1-23-14-19-32-33(20-23)35(29-18-16-25-9-3-5-11-27(25)22-29)31-13-7-6-12-30(31)34(32)28-17-15-24-8-2-4-10-26(24)21-28;1-23-16-18-24(19-17-23)27-20-21-30-31(22-27)33(26-12-6-3-7-13-26)29-15-9-8-14-28(29)32(30)25-10-4-2-5-11-25/h4-24H,1-3H3;2-22H,1H3;2-22H,1H3. The van der Waals surface area contributed by atoms with E-state index in [4.69, 9.17) is 0 Å². The summed E-state index contributed by atoms with van der Waals surface area (Å²) < 4.78 is 0. The van der Waals surface area contributed by atoms with Crippen molar-refractivity contribution in [2.24, 2.45) is 0 Å². The fourth-order valence-corrected chi connectivity index (χ4v) is 16.5. The van der Waals surface area contributed by atoms with Gasteiger partial charge in [-0.2, -0.15) is 0 Å². The summed E-state index contributed by atoms with van der Waals surface area (Å²) in [4.78, 5) is 0. The fraction of sp³-hybridized carbons (Fsp3) is 0.0566. The van der Waals surface area contributed by atoms with E-state index in [1.54, 1.807) is 0 Å². The van der Waals surface area contributed by atoms with E-state index in [0.717, 1.165) is 0 Å². The van der Waals surface area contributed by atoms with Gasteiger partial charge in [0.15, 0.2) is 0 Å². The average molecular weight is 1350 g/mol. The first-order chi connectivity index (χ1) is 52.0. The summed E-state index contributed by atoms with van der Waals surface area (Å²) in [5, 5.41) is 25.7. The Bertz CT molecular complexity index is 6790. The molecule has 0 nitrogen and oxygen atoms in total. The van der Waals surface area contributed by atoms with Crippen LogP contribution in [-0.4, -0.2) is 0 Å². The summed E-state index contributed by atoms with van der Waals surface area (Å²) in [6, 6.07) is 140. The zero-order valence-electron chi connectivity index (χ0n) is 60.4. The molecule has 0 bridgehead atoms. The second-order valence-electron chi connectivity index (χ2n) is 29.6. The van der Waals surface area contributed by atoms with E-state index in [0.29, 0.717) is 0 Å². The molecule has 20 aromatic rings. The Morgan fingerprint density at radius 1 is 0.151 bits per heavy atom. The van der Waals surface area contributed by atoms with E-state index in [2.05, 4.69) is 417 Å². The van der Waals surface area contributed by atoms with Crippen molar-refractivity contribution in [1.29, 1.82) is 0 Å². The molecule has 0 aliphatic carbocycles. The van der Waals surface area contributed by atoms with Crippen LogP contribution in [0.5, 0.6) is 0 Å². The van der Waals surface area contributed by atoms with E-state index >= 15 is 0 Å². The van der Waals surface area contributed by atoms with Crippen molar-refractivity contribution < 1.29 is 0 Å². The Morgan fingerprint density at radius 3 is 0.783 bits per heavy atom. The predicted molar refractivity (Wildman–Crippen MR) is 461 cm³/mol. The molecule has 0 unspecified atom stereocenters. The highest BCUT2D eigenvalue weighted by Gasteiger charge is 2.23. The van der Waals surface area contributed by atoms with E-state index in [1.165, 1.54) is 202 Å². The minimum atomic E-state index is 0.0591. The van der Waals surface area contributed by atoms with Gasteiger partial charge in [-0.3, -0.25) is 0 Å². The monoisotopic (exact) mass is 1350 g/mol. The molecule has 502 valence electrons. The smallest absolute Gasteiger partial charge is 0.00260 e. The lowest BCUT2D eigenvalue weighted by atomic mass is 9.81. The van der Waals surface area contributed by atoms with E-state index in [9.17, 15) is 0 Å². The quantitative estimate of drug-likeness (QED) is 0.140. The minimum Gasteiger partial charge on any atom is -0.0622 e. The molecule has 0 aliphatic rings. The van der Waals surface area contributed by atoms with Crippen LogP contribution in [0.3, 0.4) is 0 Å². The fourth-order valence-electron chi connectivity index (χ4n) is 16.5. The molecule has 20 aromatic carbocycles. The normalized spacial score (nSPS) is 11.6. The number of fused-ring (bicyclic) bond motifs is 10. The molecule has 0 fully saturated rings. The number of aryl methyl sites for hydroxylation is 2. The van der Waals surface area contributed by atoms with Crippen LogP contribution in [0.15, 0.2) is 382 Å². The van der Waals surface area contributed by atoms with E-state index in [1.807, 2.05) is 0 Å². The van der Waals surface area contributed by atoms with E-state index < -0.39 is 0 Å². The largest absolute Gasteiger partial charge is 0.0622 e. The van der Waals surface area contributed by atoms with Crippen LogP contribution in [0.1, 0.15) is 37.5 Å². The lowest BCUT2D eigenvalue weighted by Gasteiger charge is -2.23. The van der Waals surface area contributed by atoms with Gasteiger partial charge < -0.3 is 0 Å². The minimum absolute atomic E-state index is 0.0591. The van der Waals surface area contributed by atoms with Gasteiger partial charge in [-0.25, -0.2) is 0 Å². The number of rotatable bonds is 7. The highest BCUT2D eigenvalue weighted by Crippen LogP contribution is 2.49. The van der Waals surface area contributed by atoms with Crippen LogP contribution >= 0.6 is 0 Å². The Kier molecular flexibility index (Phi) is 16.8. The third-order valence-corrected chi connectivity index (χ3v) is 21.8. The first kappa shape index (κ1) is 65.1.